The van der Waals surface area contributed by atoms with Gasteiger partial charge in [-0.2, -0.15) is 0 Å². The molecule has 382 valence electrons. The van der Waals surface area contributed by atoms with E-state index in [9.17, 15) is 9.59 Å². The van der Waals surface area contributed by atoms with E-state index in [1.165, 1.54) is 173 Å². The summed E-state index contributed by atoms with van der Waals surface area (Å²) >= 11 is 0. The number of unbranched alkanes of at least 4 members (excludes halogenated alkanes) is 29. The van der Waals surface area contributed by atoms with E-state index in [0.717, 1.165) is 64.2 Å². The van der Waals surface area contributed by atoms with Crippen LogP contribution in [0.25, 0.3) is 0 Å². The van der Waals surface area contributed by atoms with Crippen molar-refractivity contribution in [1.29, 1.82) is 0 Å². The second-order valence-electron chi connectivity index (χ2n) is 18.8. The van der Waals surface area contributed by atoms with E-state index < -0.39 is 6.10 Å². The molecule has 1 atom stereocenters. The molecule has 0 N–H and O–H groups in total. The van der Waals surface area contributed by atoms with E-state index in [1.807, 2.05) is 6.08 Å². The molecular weight excluding hydrogens is 813 g/mol. The molecule has 1 unspecified atom stereocenters. The standard InChI is InChI=1S/C61H108O5/c1-4-7-10-13-16-19-22-25-28-30-31-32-34-36-39-42-45-48-51-54-60(62)65-58-59(57-64-56-53-50-47-44-41-38-35-29-26-23-20-17-14-11-8-5-2)66-61(63)55-52-49-46-43-40-37-33-27-24-21-18-15-12-9-6-3/h7,10,16,19,25,28,31-32,36,39,45,48,59H,4-6,8-9,11-15,17-18,20-24,26-27,29-30,33-35,37-38,40-44,46-47,49-58H2,1-3H3/b10-7-,19-16-,28-25-,32-31-,39-36-,48-45-. The summed E-state index contributed by atoms with van der Waals surface area (Å²) in [6.45, 7) is 7.68. The molecule has 0 radical (unpaired) electrons. The molecule has 66 heavy (non-hydrogen) atoms. The van der Waals surface area contributed by atoms with Crippen LogP contribution in [0.4, 0.5) is 0 Å². The summed E-state index contributed by atoms with van der Waals surface area (Å²) in [7, 11) is 0. The van der Waals surface area contributed by atoms with Gasteiger partial charge in [0, 0.05) is 19.4 Å². The van der Waals surface area contributed by atoms with Crippen LogP contribution in [0, 0.1) is 0 Å². The van der Waals surface area contributed by atoms with Gasteiger partial charge in [-0.3, -0.25) is 9.59 Å². The van der Waals surface area contributed by atoms with Gasteiger partial charge in [-0.15, -0.1) is 0 Å². The zero-order valence-corrected chi connectivity index (χ0v) is 44.0. The highest BCUT2D eigenvalue weighted by Crippen LogP contribution is 2.16. The zero-order valence-electron chi connectivity index (χ0n) is 44.0. The van der Waals surface area contributed by atoms with E-state index >= 15 is 0 Å². The maximum atomic E-state index is 12.8. The summed E-state index contributed by atoms with van der Waals surface area (Å²) in [5.41, 5.74) is 0. The second-order valence-corrected chi connectivity index (χ2v) is 18.8. The molecule has 0 bridgehead atoms. The average Bonchev–Trinajstić information content (AvgIpc) is 3.32. The Morgan fingerprint density at radius 2 is 0.682 bits per heavy atom. The van der Waals surface area contributed by atoms with Crippen molar-refractivity contribution in [3.8, 4) is 0 Å². The maximum Gasteiger partial charge on any atom is 0.306 e. The molecule has 0 aliphatic carbocycles. The van der Waals surface area contributed by atoms with Crippen molar-refractivity contribution in [2.45, 2.75) is 284 Å². The molecule has 0 aromatic heterocycles. The van der Waals surface area contributed by atoms with Gasteiger partial charge in [0.1, 0.15) is 6.61 Å². The fourth-order valence-corrected chi connectivity index (χ4v) is 8.07. The lowest BCUT2D eigenvalue weighted by Crippen LogP contribution is -2.30. The Morgan fingerprint density at radius 1 is 0.348 bits per heavy atom. The van der Waals surface area contributed by atoms with Crippen LogP contribution in [0.15, 0.2) is 72.9 Å². The highest BCUT2D eigenvalue weighted by Gasteiger charge is 2.17. The van der Waals surface area contributed by atoms with Crippen molar-refractivity contribution >= 4 is 11.9 Å². The second kappa shape index (κ2) is 56.7. The minimum atomic E-state index is -0.565. The molecule has 0 aliphatic rings. The van der Waals surface area contributed by atoms with Crippen molar-refractivity contribution in [1.82, 2.24) is 0 Å². The molecular formula is C61H108O5. The van der Waals surface area contributed by atoms with Crippen molar-refractivity contribution in [3.63, 3.8) is 0 Å². The Balaban J connectivity index is 4.36. The topological polar surface area (TPSA) is 61.8 Å². The molecule has 0 fully saturated rings. The van der Waals surface area contributed by atoms with Gasteiger partial charge in [-0.1, -0.05) is 280 Å². The summed E-state index contributed by atoms with van der Waals surface area (Å²) < 4.78 is 17.4. The molecule has 0 spiro atoms. The SMILES string of the molecule is CC/C=C\C/C=C\C/C=C\C/C=C\C/C=C\C/C=C\CCC(=O)OCC(COCCCCCCCCCCCCCCCCCC)OC(=O)CCCCCCCCCCCCCCCCC. The van der Waals surface area contributed by atoms with Crippen LogP contribution in [0.1, 0.15) is 278 Å². The van der Waals surface area contributed by atoms with Gasteiger partial charge in [-0.05, 0) is 57.8 Å². The summed E-state index contributed by atoms with van der Waals surface area (Å²) in [6.07, 6.45) is 73.6. The molecule has 0 saturated carbocycles. The molecule has 0 aromatic carbocycles. The minimum Gasteiger partial charge on any atom is -0.462 e. The molecule has 5 nitrogen and oxygen atoms in total. The van der Waals surface area contributed by atoms with Gasteiger partial charge < -0.3 is 14.2 Å². The van der Waals surface area contributed by atoms with Crippen molar-refractivity contribution in [3.05, 3.63) is 72.9 Å². The highest BCUT2D eigenvalue weighted by molar-refractivity contribution is 5.70. The number of esters is 2. The van der Waals surface area contributed by atoms with Gasteiger partial charge >= 0.3 is 11.9 Å². The summed E-state index contributed by atoms with van der Waals surface area (Å²) in [6, 6.07) is 0. The fraction of sp³-hybridized carbons (Fsp3) is 0.770. The van der Waals surface area contributed by atoms with Crippen LogP contribution >= 0.6 is 0 Å². The normalized spacial score (nSPS) is 12.7. The molecule has 0 aliphatic heterocycles. The van der Waals surface area contributed by atoms with E-state index in [2.05, 4.69) is 87.6 Å². The number of allylic oxidation sites excluding steroid dienone is 12. The summed E-state index contributed by atoms with van der Waals surface area (Å²) in [5, 5.41) is 0. The van der Waals surface area contributed by atoms with Gasteiger partial charge in [0.05, 0.1) is 6.61 Å². The Hall–Kier alpha value is -2.66. The Bertz CT molecular complexity index is 1180. The van der Waals surface area contributed by atoms with E-state index in [1.54, 1.807) is 0 Å². The minimum absolute atomic E-state index is 0.0478. The summed E-state index contributed by atoms with van der Waals surface area (Å²) in [4.78, 5) is 25.5. The summed E-state index contributed by atoms with van der Waals surface area (Å²) in [5.74, 6) is -0.481. The number of rotatable bonds is 52. The van der Waals surface area contributed by atoms with Crippen LogP contribution in [0.3, 0.4) is 0 Å². The molecule has 5 heteroatoms. The van der Waals surface area contributed by atoms with Gasteiger partial charge in [0.2, 0.25) is 0 Å². The number of ether oxygens (including phenoxy) is 3. The lowest BCUT2D eigenvalue weighted by Gasteiger charge is -2.18. The van der Waals surface area contributed by atoms with E-state index in [-0.39, 0.29) is 25.2 Å². The van der Waals surface area contributed by atoms with Crippen molar-refractivity contribution in [2.24, 2.45) is 0 Å². The quantitative estimate of drug-likeness (QED) is 0.0346. The monoisotopic (exact) mass is 921 g/mol. The van der Waals surface area contributed by atoms with Crippen LogP contribution in [-0.2, 0) is 23.8 Å². The number of carbonyl (C=O) groups excluding carboxylic acids is 2. The first-order valence-electron chi connectivity index (χ1n) is 28.5. The van der Waals surface area contributed by atoms with Crippen molar-refractivity contribution < 1.29 is 23.8 Å². The average molecular weight is 922 g/mol. The largest absolute Gasteiger partial charge is 0.462 e. The molecule has 0 heterocycles. The van der Waals surface area contributed by atoms with E-state index in [0.29, 0.717) is 25.9 Å². The first-order valence-corrected chi connectivity index (χ1v) is 28.5. The third-order valence-electron chi connectivity index (χ3n) is 12.3. The Labute approximate surface area is 410 Å². The maximum absolute atomic E-state index is 12.8. The molecule has 0 aromatic rings. The van der Waals surface area contributed by atoms with Crippen LogP contribution in [0.2, 0.25) is 0 Å². The van der Waals surface area contributed by atoms with Gasteiger partial charge in [0.25, 0.3) is 0 Å². The Kier molecular flexibility index (Phi) is 54.4. The first-order chi connectivity index (χ1) is 32.6. The van der Waals surface area contributed by atoms with Crippen molar-refractivity contribution in [2.75, 3.05) is 19.8 Å². The zero-order chi connectivity index (χ0) is 47.7. The number of hydrogen-bond acceptors (Lipinski definition) is 5. The third-order valence-corrected chi connectivity index (χ3v) is 12.3. The van der Waals surface area contributed by atoms with Crippen LogP contribution < -0.4 is 0 Å². The van der Waals surface area contributed by atoms with Crippen LogP contribution in [0.5, 0.6) is 0 Å². The number of carbonyl (C=O) groups is 2. The van der Waals surface area contributed by atoms with Gasteiger partial charge in [-0.25, -0.2) is 0 Å². The lowest BCUT2D eigenvalue weighted by molar-refractivity contribution is -0.162. The predicted molar refractivity (Wildman–Crippen MR) is 288 cm³/mol. The van der Waals surface area contributed by atoms with E-state index in [4.69, 9.17) is 14.2 Å². The molecule has 0 rings (SSSR count). The first kappa shape index (κ1) is 63.3. The van der Waals surface area contributed by atoms with Crippen LogP contribution in [-0.4, -0.2) is 37.9 Å². The fourth-order valence-electron chi connectivity index (χ4n) is 8.07. The lowest BCUT2D eigenvalue weighted by atomic mass is 10.0. The van der Waals surface area contributed by atoms with Gasteiger partial charge in [0.15, 0.2) is 6.10 Å². The highest BCUT2D eigenvalue weighted by atomic mass is 16.6. The smallest absolute Gasteiger partial charge is 0.306 e. The molecule has 0 saturated heterocycles. The third kappa shape index (κ3) is 54.0. The Morgan fingerprint density at radius 3 is 1.06 bits per heavy atom. The number of hydrogen-bond donors (Lipinski definition) is 0. The molecule has 0 amide bonds. The predicted octanol–water partition coefficient (Wildman–Crippen LogP) is 19.5.